The third-order valence-electron chi connectivity index (χ3n) is 2.21. The van der Waals surface area contributed by atoms with Crippen LogP contribution in [0.15, 0.2) is 29.2 Å². The van der Waals surface area contributed by atoms with E-state index >= 15 is 0 Å². The van der Waals surface area contributed by atoms with Crippen molar-refractivity contribution in [3.8, 4) is 0 Å². The highest BCUT2D eigenvalue weighted by molar-refractivity contribution is 7.99. The van der Waals surface area contributed by atoms with Gasteiger partial charge in [-0.05, 0) is 30.0 Å². The van der Waals surface area contributed by atoms with Gasteiger partial charge in [0.05, 0.1) is 6.67 Å². The highest BCUT2D eigenvalue weighted by atomic mass is 32.2. The van der Waals surface area contributed by atoms with Crippen molar-refractivity contribution in [2.45, 2.75) is 24.2 Å². The van der Waals surface area contributed by atoms with Crippen molar-refractivity contribution in [3.63, 3.8) is 0 Å². The number of thioether (sulfide) groups is 1. The first-order valence-electron chi connectivity index (χ1n) is 4.62. The molecule has 0 aliphatic rings. The highest BCUT2D eigenvalue weighted by Gasteiger charge is 2.04. The number of hydrogen-bond donors (Lipinski definition) is 0. The molecule has 14 heavy (non-hydrogen) atoms. The molecule has 0 saturated heterocycles. The summed E-state index contributed by atoms with van der Waals surface area (Å²) in [4.78, 5) is 0.920. The molecule has 0 N–H and O–H groups in total. The van der Waals surface area contributed by atoms with Crippen molar-refractivity contribution in [2.24, 2.45) is 0 Å². The number of hydrogen-bond acceptors (Lipinski definition) is 1. The van der Waals surface area contributed by atoms with Crippen LogP contribution >= 0.6 is 11.8 Å². The van der Waals surface area contributed by atoms with Crippen LogP contribution in [-0.2, 0) is 0 Å². The lowest BCUT2D eigenvalue weighted by atomic mass is 9.99. The van der Waals surface area contributed by atoms with E-state index in [1.54, 1.807) is 0 Å². The summed E-state index contributed by atoms with van der Waals surface area (Å²) in [7, 11) is 0. The Bertz CT molecular complexity index is 258. The Kier molecular flexibility index (Phi) is 4.94. The number of rotatable bonds is 5. The molecular formula is C11H14F2S. The molecule has 0 spiro atoms. The summed E-state index contributed by atoms with van der Waals surface area (Å²) in [5, 5.41) is 0. The first-order valence-corrected chi connectivity index (χ1v) is 5.61. The van der Waals surface area contributed by atoms with Crippen LogP contribution in [0.4, 0.5) is 8.78 Å². The Hall–Kier alpha value is -0.570. The third kappa shape index (κ3) is 3.29. The minimum Gasteiger partial charge on any atom is -0.251 e. The molecule has 0 amide bonds. The molecule has 0 nitrogen and oxygen atoms in total. The van der Waals surface area contributed by atoms with E-state index in [-0.39, 0.29) is 12.6 Å². The van der Waals surface area contributed by atoms with E-state index in [1.165, 1.54) is 11.8 Å². The van der Waals surface area contributed by atoms with Gasteiger partial charge in [0.1, 0.15) is 6.01 Å². The quantitative estimate of drug-likeness (QED) is 0.666. The van der Waals surface area contributed by atoms with Gasteiger partial charge in [-0.15, -0.1) is 0 Å². The highest BCUT2D eigenvalue weighted by Crippen LogP contribution is 2.23. The summed E-state index contributed by atoms with van der Waals surface area (Å²) in [5.41, 5.74) is 1.12. The van der Waals surface area contributed by atoms with E-state index in [0.717, 1.165) is 10.5 Å². The van der Waals surface area contributed by atoms with E-state index in [9.17, 15) is 8.78 Å². The fraction of sp³-hybridized carbons (Fsp3) is 0.455. The topological polar surface area (TPSA) is 0 Å². The number of alkyl halides is 2. The second-order valence-electron chi connectivity index (χ2n) is 3.20. The van der Waals surface area contributed by atoms with Gasteiger partial charge in [0.15, 0.2) is 0 Å². The van der Waals surface area contributed by atoms with Crippen molar-refractivity contribution in [2.75, 3.05) is 12.7 Å². The molecule has 78 valence electrons. The third-order valence-corrected chi connectivity index (χ3v) is 2.93. The van der Waals surface area contributed by atoms with Crippen LogP contribution in [0.25, 0.3) is 0 Å². The SMILES string of the molecule is CC(CCF)c1ccc(SCF)cc1. The Morgan fingerprint density at radius 3 is 2.36 bits per heavy atom. The van der Waals surface area contributed by atoms with Gasteiger partial charge >= 0.3 is 0 Å². The fourth-order valence-electron chi connectivity index (χ4n) is 1.29. The largest absolute Gasteiger partial charge is 0.251 e. The molecular weight excluding hydrogens is 202 g/mol. The van der Waals surface area contributed by atoms with Crippen LogP contribution in [0.1, 0.15) is 24.8 Å². The zero-order valence-electron chi connectivity index (χ0n) is 8.17. The molecule has 0 aromatic heterocycles. The lowest BCUT2D eigenvalue weighted by Gasteiger charge is -2.09. The van der Waals surface area contributed by atoms with Crippen LogP contribution in [0, 0.1) is 0 Å². The van der Waals surface area contributed by atoms with Crippen molar-refractivity contribution < 1.29 is 8.78 Å². The minimum atomic E-state index is -0.403. The molecule has 1 atom stereocenters. The maximum absolute atomic E-state index is 12.1. The summed E-state index contributed by atoms with van der Waals surface area (Å²) in [6.07, 6.45) is 0.551. The fourth-order valence-corrected chi connectivity index (χ4v) is 1.74. The van der Waals surface area contributed by atoms with Crippen LogP contribution in [-0.4, -0.2) is 12.7 Å². The van der Waals surface area contributed by atoms with Gasteiger partial charge in [-0.1, -0.05) is 30.8 Å². The number of halogens is 2. The zero-order valence-corrected chi connectivity index (χ0v) is 8.99. The lowest BCUT2D eigenvalue weighted by molar-refractivity contribution is 0.448. The summed E-state index contributed by atoms with van der Waals surface area (Å²) >= 11 is 1.17. The summed E-state index contributed by atoms with van der Waals surface area (Å²) in [6.45, 7) is 1.71. The van der Waals surface area contributed by atoms with Crippen LogP contribution in [0.2, 0.25) is 0 Å². The molecule has 1 rings (SSSR count). The Morgan fingerprint density at radius 1 is 1.21 bits per heavy atom. The van der Waals surface area contributed by atoms with Gasteiger partial charge < -0.3 is 0 Å². The Balaban J connectivity index is 2.62. The molecule has 1 aromatic rings. The van der Waals surface area contributed by atoms with Crippen molar-refractivity contribution in [3.05, 3.63) is 29.8 Å². The molecule has 0 heterocycles. The average molecular weight is 216 g/mol. The van der Waals surface area contributed by atoms with Gasteiger partial charge in [0.2, 0.25) is 0 Å². The zero-order chi connectivity index (χ0) is 10.4. The van der Waals surface area contributed by atoms with Crippen LogP contribution in [0.3, 0.4) is 0 Å². The maximum Gasteiger partial charge on any atom is 0.139 e. The summed E-state index contributed by atoms with van der Waals surface area (Å²) < 4.78 is 24.0. The Morgan fingerprint density at radius 2 is 1.86 bits per heavy atom. The summed E-state index contributed by atoms with van der Waals surface area (Å²) in [5.74, 6) is 0.240. The van der Waals surface area contributed by atoms with E-state index < -0.39 is 6.01 Å². The van der Waals surface area contributed by atoms with Crippen molar-refractivity contribution >= 4 is 11.8 Å². The van der Waals surface area contributed by atoms with Crippen LogP contribution < -0.4 is 0 Å². The molecule has 0 radical (unpaired) electrons. The molecule has 1 unspecified atom stereocenters. The molecule has 0 aliphatic heterocycles. The molecule has 1 aromatic carbocycles. The smallest absolute Gasteiger partial charge is 0.139 e. The monoisotopic (exact) mass is 216 g/mol. The summed E-state index contributed by atoms with van der Waals surface area (Å²) in [6, 6.07) is 7.25. The first-order chi connectivity index (χ1) is 6.77. The van der Waals surface area contributed by atoms with Gasteiger partial charge in [-0.2, -0.15) is 0 Å². The van der Waals surface area contributed by atoms with E-state index in [2.05, 4.69) is 0 Å². The number of benzene rings is 1. The van der Waals surface area contributed by atoms with Gasteiger partial charge in [-0.3, -0.25) is 4.39 Å². The van der Waals surface area contributed by atoms with E-state index in [0.29, 0.717) is 6.42 Å². The second kappa shape index (κ2) is 6.02. The van der Waals surface area contributed by atoms with E-state index in [4.69, 9.17) is 0 Å². The Labute approximate surface area is 87.7 Å². The molecule has 0 bridgehead atoms. The molecule has 0 aliphatic carbocycles. The predicted molar refractivity (Wildman–Crippen MR) is 57.3 cm³/mol. The lowest BCUT2D eigenvalue weighted by Crippen LogP contribution is -1.94. The van der Waals surface area contributed by atoms with Gasteiger partial charge in [0, 0.05) is 4.90 Å². The van der Waals surface area contributed by atoms with E-state index in [1.807, 2.05) is 31.2 Å². The molecule has 0 fully saturated rings. The second-order valence-corrected chi connectivity index (χ2v) is 4.18. The molecule has 0 saturated carbocycles. The standard InChI is InChI=1S/C11H14F2S/c1-9(6-7-12)10-2-4-11(5-3-10)14-8-13/h2-5,9H,6-8H2,1H3. The minimum absolute atomic E-state index is 0.240. The van der Waals surface area contributed by atoms with Crippen molar-refractivity contribution in [1.29, 1.82) is 0 Å². The first kappa shape index (κ1) is 11.5. The normalized spacial score (nSPS) is 12.8. The molecule has 3 heteroatoms. The maximum atomic E-state index is 12.1. The average Bonchev–Trinajstić information content (AvgIpc) is 2.20. The van der Waals surface area contributed by atoms with Crippen LogP contribution in [0.5, 0.6) is 0 Å². The van der Waals surface area contributed by atoms with Gasteiger partial charge in [0.25, 0.3) is 0 Å². The van der Waals surface area contributed by atoms with Gasteiger partial charge in [-0.25, -0.2) is 4.39 Å². The predicted octanol–water partition coefficient (Wildman–Crippen LogP) is 4.17. The van der Waals surface area contributed by atoms with Crippen molar-refractivity contribution in [1.82, 2.24) is 0 Å².